The van der Waals surface area contributed by atoms with Gasteiger partial charge in [-0.15, -0.1) is 0 Å². The van der Waals surface area contributed by atoms with Crippen molar-refractivity contribution in [1.29, 1.82) is 0 Å². The summed E-state index contributed by atoms with van der Waals surface area (Å²) in [7, 11) is 0. The minimum Gasteiger partial charge on any atom is -0.381 e. The van der Waals surface area contributed by atoms with Crippen LogP contribution in [0.25, 0.3) is 50.4 Å². The molecule has 9 aromatic heterocycles. The lowest BCUT2D eigenvalue weighted by molar-refractivity contribution is 0.0854. The maximum atomic E-state index is 5.58. The summed E-state index contributed by atoms with van der Waals surface area (Å²) >= 11 is 0. The van der Waals surface area contributed by atoms with Crippen molar-refractivity contribution < 1.29 is 14.2 Å². The Morgan fingerprint density at radius 1 is 0.432 bits per heavy atom. The number of rotatable bonds is 9. The van der Waals surface area contributed by atoms with Crippen molar-refractivity contribution in [1.82, 2.24) is 68.3 Å². The van der Waals surface area contributed by atoms with Crippen molar-refractivity contribution in [2.45, 2.75) is 132 Å². The summed E-state index contributed by atoms with van der Waals surface area (Å²) in [5.74, 6) is 3.22. The van der Waals surface area contributed by atoms with Crippen LogP contribution in [0, 0.1) is 5.41 Å². The molecular weight excluding hydrogens is 1100 g/mol. The first-order valence-electron chi connectivity index (χ1n) is 33.1. The topological polar surface area (TPSA) is 184 Å². The van der Waals surface area contributed by atoms with Crippen LogP contribution >= 0.6 is 0 Å². The van der Waals surface area contributed by atoms with Gasteiger partial charge in [0.15, 0.2) is 33.9 Å². The van der Waals surface area contributed by atoms with Crippen molar-refractivity contribution in [2.24, 2.45) is 5.41 Å². The number of anilines is 1. The lowest BCUT2D eigenvalue weighted by atomic mass is 9.66. The number of hydrogen-bond acceptors (Lipinski definition) is 12. The van der Waals surface area contributed by atoms with Crippen molar-refractivity contribution >= 4 is 56.1 Å². The third-order valence-electron chi connectivity index (χ3n) is 21.2. The lowest BCUT2D eigenvalue weighted by Crippen LogP contribution is -2.54. The Hall–Kier alpha value is -7.48. The minimum atomic E-state index is 0.505. The van der Waals surface area contributed by atoms with E-state index in [-0.39, 0.29) is 0 Å². The molecular formula is C70H83N15O3. The lowest BCUT2D eigenvalue weighted by Gasteiger charge is -2.47. The van der Waals surface area contributed by atoms with Crippen LogP contribution < -0.4 is 10.2 Å². The van der Waals surface area contributed by atoms with Crippen LogP contribution in [-0.4, -0.2) is 142 Å². The molecule has 456 valence electrons. The molecule has 7 aliphatic rings. The number of imidazole rings is 3. The van der Waals surface area contributed by atoms with Crippen LogP contribution in [0.4, 0.5) is 5.69 Å². The second-order valence-corrected chi connectivity index (χ2v) is 26.5. The summed E-state index contributed by atoms with van der Waals surface area (Å²) in [5, 5.41) is 3.46. The van der Waals surface area contributed by atoms with E-state index in [0.717, 1.165) is 170 Å². The number of hydrogen-bond donors (Lipinski definition) is 4. The van der Waals surface area contributed by atoms with Gasteiger partial charge in [-0.3, -0.25) is 18.1 Å². The summed E-state index contributed by atoms with van der Waals surface area (Å²) < 4.78 is 23.5. The Morgan fingerprint density at radius 3 is 1.22 bits per heavy atom. The molecule has 18 nitrogen and oxygen atoms in total. The number of ether oxygens (including phenoxy) is 3. The summed E-state index contributed by atoms with van der Waals surface area (Å²) in [6.45, 7) is 13.0. The monoisotopic (exact) mass is 1180 g/mol. The molecule has 18 rings (SSSR count). The fourth-order valence-electron chi connectivity index (χ4n) is 15.9. The number of piperidine rings is 2. The van der Waals surface area contributed by atoms with Crippen LogP contribution in [0.2, 0.25) is 0 Å². The summed E-state index contributed by atoms with van der Waals surface area (Å²) in [6.07, 6.45) is 35.2. The van der Waals surface area contributed by atoms with Gasteiger partial charge in [0.1, 0.15) is 0 Å². The molecule has 11 aromatic rings. The Kier molecular flexibility index (Phi) is 15.5. The summed E-state index contributed by atoms with van der Waals surface area (Å²) in [5.41, 5.74) is 20.5. The fourth-order valence-corrected chi connectivity index (χ4v) is 15.9. The van der Waals surface area contributed by atoms with Gasteiger partial charge in [-0.05, 0) is 161 Å². The largest absolute Gasteiger partial charge is 0.381 e. The Balaban J connectivity index is 0.000000107. The third kappa shape index (κ3) is 11.1. The average molecular weight is 1180 g/mol. The van der Waals surface area contributed by atoms with E-state index in [1.54, 1.807) is 0 Å². The molecule has 6 saturated heterocycles. The van der Waals surface area contributed by atoms with Gasteiger partial charge in [-0.1, -0.05) is 48.5 Å². The van der Waals surface area contributed by atoms with E-state index in [1.165, 1.54) is 100 Å². The number of nitrogens with one attached hydrogen (secondary N) is 4. The third-order valence-corrected chi connectivity index (χ3v) is 21.2. The van der Waals surface area contributed by atoms with Gasteiger partial charge in [-0.2, -0.15) is 0 Å². The van der Waals surface area contributed by atoms with Crippen molar-refractivity contribution in [3.8, 4) is 0 Å². The number of nitrogens with zero attached hydrogens (tertiary/aromatic N) is 11. The smallest absolute Gasteiger partial charge is 0.156 e. The van der Waals surface area contributed by atoms with Gasteiger partial charge in [0.25, 0.3) is 0 Å². The molecule has 0 radical (unpaired) electrons. The highest BCUT2D eigenvalue weighted by Crippen LogP contribution is 2.46. The number of para-hydroxylation sites is 1. The van der Waals surface area contributed by atoms with Crippen LogP contribution in [0.15, 0.2) is 116 Å². The van der Waals surface area contributed by atoms with E-state index in [4.69, 9.17) is 29.2 Å². The number of benzene rings is 2. The summed E-state index contributed by atoms with van der Waals surface area (Å²) in [6, 6.07) is 21.5. The summed E-state index contributed by atoms with van der Waals surface area (Å²) in [4.78, 5) is 44.2. The fraction of sp³-hybridized carbons (Fsp3) is 0.486. The molecule has 2 aromatic carbocycles. The molecule has 0 amide bonds. The van der Waals surface area contributed by atoms with E-state index in [9.17, 15) is 0 Å². The van der Waals surface area contributed by atoms with Crippen LogP contribution in [-0.2, 0) is 20.8 Å². The van der Waals surface area contributed by atoms with E-state index < -0.39 is 0 Å². The zero-order valence-corrected chi connectivity index (χ0v) is 50.7. The molecule has 88 heavy (non-hydrogen) atoms. The van der Waals surface area contributed by atoms with E-state index >= 15 is 0 Å². The highest BCUT2D eigenvalue weighted by Gasteiger charge is 2.41. The van der Waals surface area contributed by atoms with Gasteiger partial charge in [0.05, 0.1) is 52.2 Å². The number of aromatic amines is 3. The molecule has 0 unspecified atom stereocenters. The molecule has 4 N–H and O–H groups in total. The number of fused-ring (bicyclic) bond motifs is 9. The van der Waals surface area contributed by atoms with E-state index in [2.05, 4.69) is 156 Å². The molecule has 0 bridgehead atoms. The first-order chi connectivity index (χ1) is 43.5. The Morgan fingerprint density at radius 2 is 0.818 bits per heavy atom. The Labute approximate surface area is 513 Å². The minimum absolute atomic E-state index is 0.505. The van der Waals surface area contributed by atoms with Gasteiger partial charge >= 0.3 is 0 Å². The predicted octanol–water partition coefficient (Wildman–Crippen LogP) is 12.3. The predicted molar refractivity (Wildman–Crippen MR) is 344 cm³/mol. The normalized spacial score (nSPS) is 20.8. The van der Waals surface area contributed by atoms with Crippen LogP contribution in [0.5, 0.6) is 0 Å². The molecule has 1 aliphatic carbocycles. The zero-order chi connectivity index (χ0) is 58.4. The Bertz CT molecular complexity index is 4130. The highest BCUT2D eigenvalue weighted by atomic mass is 16.5. The first-order valence-corrected chi connectivity index (χ1v) is 33.1. The van der Waals surface area contributed by atoms with E-state index in [0.29, 0.717) is 40.9 Å². The van der Waals surface area contributed by atoms with E-state index in [1.807, 2.05) is 18.6 Å². The van der Waals surface area contributed by atoms with Crippen LogP contribution in [0.3, 0.4) is 0 Å². The number of likely N-dealkylation sites (tertiary alicyclic amines) is 1. The maximum Gasteiger partial charge on any atom is 0.156 e. The number of aromatic nitrogens is 12. The zero-order valence-electron chi connectivity index (χ0n) is 50.7. The van der Waals surface area contributed by atoms with Crippen LogP contribution in [0.1, 0.15) is 165 Å². The van der Waals surface area contributed by atoms with Crippen molar-refractivity contribution in [3.05, 3.63) is 156 Å². The van der Waals surface area contributed by atoms with Crippen molar-refractivity contribution in [2.75, 3.05) is 83.8 Å². The SMILES string of the molecule is c1[nH]c2ncc3nc(C4CCC5(CC4)CNC5)cn3c2c1C1CCOCC1.c1ccc(CN2CCC(c3cn4c(cnc5[nH]cc(C6CCOCC6)c54)n3)CC2)cc1.c1ccc(N2CCC(c3cn4c(cnc5[nH]cc(C6CCOCC6)c54)n3)CC2)cc1. The average Bonchev–Trinajstić information content (AvgIpc) is 1.89. The molecule has 1 spiro atoms. The number of H-pyrrole nitrogens is 3. The quantitative estimate of drug-likeness (QED) is 0.107. The van der Waals surface area contributed by atoms with Gasteiger partial charge in [0.2, 0.25) is 0 Å². The maximum absolute atomic E-state index is 5.58. The standard InChI is InChI=1S/C25H29N5O.C24H27N5O.C21H27N5O/c1-2-4-18(5-3-1)16-29-10-6-20(7-11-29)22-17-30-23(28-22)15-27-25-24(30)21(14-26-25)19-8-12-31-13-9-19;1-2-4-19(5-3-1)28-10-6-18(7-11-28)21-16-29-22(27-21)15-26-24-23(29)20(14-25-24)17-8-12-30-13-9-17;1-5-21(12-22-13-21)6-2-15(1)17-11-26-18(25-17)10-24-20-19(26)16(9-23-20)14-3-7-27-8-4-14/h1-5,14-15,17,19-20,26H,6-13,16H2;1-5,14-18,25H,6-13H2;9-11,14-15,22-23H,1-8,12-13H2. The molecule has 0 atom stereocenters. The van der Waals surface area contributed by atoms with Gasteiger partial charge < -0.3 is 39.4 Å². The second-order valence-electron chi connectivity index (χ2n) is 26.5. The second kappa shape index (κ2) is 24.5. The van der Waals surface area contributed by atoms with Gasteiger partial charge in [0, 0.05) is 133 Å². The molecule has 18 heteroatoms. The van der Waals surface area contributed by atoms with Crippen molar-refractivity contribution in [3.63, 3.8) is 0 Å². The molecule has 15 heterocycles. The molecule has 1 saturated carbocycles. The first kappa shape index (κ1) is 55.8. The van der Waals surface area contributed by atoms with Gasteiger partial charge in [-0.25, -0.2) is 29.9 Å². The molecule has 7 fully saturated rings. The molecule has 6 aliphatic heterocycles. The highest BCUT2D eigenvalue weighted by molar-refractivity contribution is 5.81.